The minimum Gasteiger partial charge on any atom is -0.478 e. The zero-order valence-corrected chi connectivity index (χ0v) is 19.4. The lowest BCUT2D eigenvalue weighted by molar-refractivity contribution is 0.0692. The molecule has 1 atom stereocenters. The molecule has 1 aromatic heterocycles. The third kappa shape index (κ3) is 5.27. The van der Waals surface area contributed by atoms with Gasteiger partial charge in [-0.25, -0.2) is 9.18 Å². The van der Waals surface area contributed by atoms with Crippen molar-refractivity contribution in [2.75, 3.05) is 0 Å². The second-order valence-electron chi connectivity index (χ2n) is 8.47. The van der Waals surface area contributed by atoms with Crippen LogP contribution in [0.25, 0.3) is 11.1 Å². The molecule has 0 amide bonds. The fraction of sp³-hybridized carbons (Fsp3) is 0.138. The Bertz CT molecular complexity index is 1400. The third-order valence-corrected chi connectivity index (χ3v) is 6.16. The Hall–Kier alpha value is -4.32. The summed E-state index contributed by atoms with van der Waals surface area (Å²) >= 11 is 0. The van der Waals surface area contributed by atoms with Crippen LogP contribution >= 0.6 is 0 Å². The number of hydrogen-bond donors (Lipinski definition) is 2. The molecule has 0 spiro atoms. The van der Waals surface area contributed by atoms with Gasteiger partial charge in [-0.05, 0) is 65.9 Å². The van der Waals surface area contributed by atoms with Crippen molar-refractivity contribution in [2.45, 2.75) is 26.2 Å². The highest BCUT2D eigenvalue weighted by atomic mass is 19.1. The lowest BCUT2D eigenvalue weighted by Gasteiger charge is -2.21. The SMILES string of the molecule is Cc1cc(/C(CC(c2ccc(-c3ccc(C(=O)O)c(F)c3)cc2)c2ccccc2C)=N\O)ccn1. The summed E-state index contributed by atoms with van der Waals surface area (Å²) in [4.78, 5) is 15.3. The number of aromatic nitrogens is 1. The molecule has 35 heavy (non-hydrogen) atoms. The van der Waals surface area contributed by atoms with Gasteiger partial charge in [0, 0.05) is 29.8 Å². The van der Waals surface area contributed by atoms with Gasteiger partial charge in [-0.1, -0.05) is 59.8 Å². The zero-order chi connectivity index (χ0) is 24.9. The van der Waals surface area contributed by atoms with Crippen molar-refractivity contribution in [2.24, 2.45) is 5.16 Å². The maximum Gasteiger partial charge on any atom is 0.338 e. The summed E-state index contributed by atoms with van der Waals surface area (Å²) < 4.78 is 14.2. The Balaban J connectivity index is 1.71. The number of halogens is 1. The predicted molar refractivity (Wildman–Crippen MR) is 134 cm³/mol. The smallest absolute Gasteiger partial charge is 0.338 e. The highest BCUT2D eigenvalue weighted by Crippen LogP contribution is 2.33. The number of oxime groups is 1. The number of rotatable bonds is 7. The molecular weight excluding hydrogens is 443 g/mol. The zero-order valence-electron chi connectivity index (χ0n) is 19.4. The van der Waals surface area contributed by atoms with Gasteiger partial charge in [0.1, 0.15) is 5.82 Å². The highest BCUT2D eigenvalue weighted by Gasteiger charge is 2.21. The minimum atomic E-state index is -1.30. The highest BCUT2D eigenvalue weighted by molar-refractivity contribution is 6.01. The van der Waals surface area contributed by atoms with Crippen molar-refractivity contribution in [3.05, 3.63) is 124 Å². The van der Waals surface area contributed by atoms with Gasteiger partial charge in [0.15, 0.2) is 0 Å². The molecule has 0 aliphatic heterocycles. The number of aromatic carboxylic acids is 1. The molecule has 0 saturated heterocycles. The molecule has 0 radical (unpaired) electrons. The van der Waals surface area contributed by atoms with E-state index in [0.29, 0.717) is 17.7 Å². The van der Waals surface area contributed by atoms with Crippen molar-refractivity contribution < 1.29 is 19.5 Å². The average Bonchev–Trinajstić information content (AvgIpc) is 2.85. The lowest BCUT2D eigenvalue weighted by Crippen LogP contribution is -2.12. The molecule has 0 aliphatic carbocycles. The Morgan fingerprint density at radius 2 is 1.69 bits per heavy atom. The Kier molecular flexibility index (Phi) is 7.01. The summed E-state index contributed by atoms with van der Waals surface area (Å²) in [6.45, 7) is 3.94. The average molecular weight is 469 g/mol. The molecule has 1 heterocycles. The molecule has 4 rings (SSSR count). The van der Waals surface area contributed by atoms with Crippen LogP contribution < -0.4 is 0 Å². The van der Waals surface area contributed by atoms with E-state index in [1.54, 1.807) is 12.3 Å². The Morgan fingerprint density at radius 1 is 0.971 bits per heavy atom. The van der Waals surface area contributed by atoms with E-state index >= 15 is 0 Å². The van der Waals surface area contributed by atoms with E-state index in [0.717, 1.165) is 33.5 Å². The van der Waals surface area contributed by atoms with Crippen LogP contribution in [0.4, 0.5) is 4.39 Å². The predicted octanol–water partition coefficient (Wildman–Crippen LogP) is 6.60. The van der Waals surface area contributed by atoms with E-state index in [4.69, 9.17) is 5.11 Å². The number of carbonyl (C=O) groups is 1. The van der Waals surface area contributed by atoms with Crippen LogP contribution in [0.5, 0.6) is 0 Å². The van der Waals surface area contributed by atoms with Gasteiger partial charge >= 0.3 is 5.97 Å². The van der Waals surface area contributed by atoms with Gasteiger partial charge in [-0.3, -0.25) is 4.98 Å². The number of carboxylic acid groups (broad SMARTS) is 1. The van der Waals surface area contributed by atoms with Crippen LogP contribution in [0.3, 0.4) is 0 Å². The van der Waals surface area contributed by atoms with Crippen molar-refractivity contribution >= 4 is 11.7 Å². The molecule has 0 fully saturated rings. The number of benzene rings is 3. The van der Waals surface area contributed by atoms with Crippen LogP contribution in [0.1, 0.15) is 50.6 Å². The van der Waals surface area contributed by atoms with Crippen LogP contribution in [0.2, 0.25) is 0 Å². The topological polar surface area (TPSA) is 82.8 Å². The standard InChI is InChI=1S/C29H25FN2O3/c1-18-5-3-4-6-24(18)26(17-28(32-35)23-13-14-31-19(2)15-23)21-9-7-20(8-10-21)22-11-12-25(29(33)34)27(30)16-22/h3-16,26,35H,17H2,1-2H3,(H,33,34)/b32-28-. The number of aryl methyl sites for hydroxylation is 2. The van der Waals surface area contributed by atoms with Crippen LogP contribution in [0, 0.1) is 19.7 Å². The number of pyridine rings is 1. The van der Waals surface area contributed by atoms with E-state index in [9.17, 15) is 14.4 Å². The van der Waals surface area contributed by atoms with Gasteiger partial charge in [0.05, 0.1) is 11.3 Å². The molecule has 3 aromatic carbocycles. The van der Waals surface area contributed by atoms with Crippen molar-refractivity contribution in [1.29, 1.82) is 0 Å². The van der Waals surface area contributed by atoms with Crippen LogP contribution in [-0.4, -0.2) is 27.0 Å². The summed E-state index contributed by atoms with van der Waals surface area (Å²) in [5, 5.41) is 22.5. The van der Waals surface area contributed by atoms with Gasteiger partial charge in [0.25, 0.3) is 0 Å². The molecule has 0 bridgehead atoms. The first-order valence-corrected chi connectivity index (χ1v) is 11.2. The summed E-state index contributed by atoms with van der Waals surface area (Å²) in [5.41, 5.74) is 6.46. The number of hydrogen-bond acceptors (Lipinski definition) is 4. The maximum absolute atomic E-state index is 14.2. The molecule has 2 N–H and O–H groups in total. The molecule has 1 unspecified atom stereocenters. The van der Waals surface area contributed by atoms with Crippen LogP contribution in [0.15, 0.2) is 90.2 Å². The summed E-state index contributed by atoms with van der Waals surface area (Å²) in [6, 6.07) is 23.7. The van der Waals surface area contributed by atoms with E-state index < -0.39 is 11.8 Å². The molecule has 0 aliphatic rings. The molecular formula is C29H25FN2O3. The van der Waals surface area contributed by atoms with E-state index in [1.165, 1.54) is 12.1 Å². The van der Waals surface area contributed by atoms with Crippen LogP contribution in [-0.2, 0) is 0 Å². The molecule has 0 saturated carbocycles. The monoisotopic (exact) mass is 468 g/mol. The minimum absolute atomic E-state index is 0.0873. The molecule has 6 heteroatoms. The molecule has 176 valence electrons. The summed E-state index contributed by atoms with van der Waals surface area (Å²) in [6.07, 6.45) is 2.16. The van der Waals surface area contributed by atoms with Gasteiger partial charge in [-0.2, -0.15) is 0 Å². The Morgan fingerprint density at radius 3 is 2.31 bits per heavy atom. The van der Waals surface area contributed by atoms with E-state index in [1.807, 2.05) is 55.5 Å². The normalized spacial score (nSPS) is 12.4. The third-order valence-electron chi connectivity index (χ3n) is 6.16. The second-order valence-corrected chi connectivity index (χ2v) is 8.47. The van der Waals surface area contributed by atoms with E-state index in [2.05, 4.69) is 29.2 Å². The quantitative estimate of drug-likeness (QED) is 0.182. The fourth-order valence-electron chi connectivity index (χ4n) is 4.30. The van der Waals surface area contributed by atoms with Crippen molar-refractivity contribution in [3.63, 3.8) is 0 Å². The first-order valence-electron chi connectivity index (χ1n) is 11.2. The molecule has 5 nitrogen and oxygen atoms in total. The Labute approximate surface area is 203 Å². The van der Waals surface area contributed by atoms with Gasteiger partial charge in [0.2, 0.25) is 0 Å². The largest absolute Gasteiger partial charge is 0.478 e. The summed E-state index contributed by atoms with van der Waals surface area (Å²) in [5.74, 6) is -2.15. The van der Waals surface area contributed by atoms with Gasteiger partial charge in [-0.15, -0.1) is 0 Å². The first-order chi connectivity index (χ1) is 16.9. The number of carboxylic acids is 1. The first kappa shape index (κ1) is 23.8. The lowest BCUT2D eigenvalue weighted by atomic mass is 9.83. The van der Waals surface area contributed by atoms with Gasteiger partial charge < -0.3 is 10.3 Å². The summed E-state index contributed by atoms with van der Waals surface area (Å²) in [7, 11) is 0. The maximum atomic E-state index is 14.2. The fourth-order valence-corrected chi connectivity index (χ4v) is 4.30. The van der Waals surface area contributed by atoms with Crippen molar-refractivity contribution in [3.8, 4) is 11.1 Å². The molecule has 4 aromatic rings. The van der Waals surface area contributed by atoms with E-state index in [-0.39, 0.29) is 11.5 Å². The second kappa shape index (κ2) is 10.3. The number of nitrogens with zero attached hydrogens (tertiary/aromatic N) is 2. The van der Waals surface area contributed by atoms with Crippen molar-refractivity contribution in [1.82, 2.24) is 4.98 Å².